The Hall–Kier alpha value is -3.41. The number of para-hydroxylation sites is 1. The minimum Gasteiger partial charge on any atom is -0.354 e. The van der Waals surface area contributed by atoms with Crippen LogP contribution in [0, 0.1) is 10.1 Å². The highest BCUT2D eigenvalue weighted by molar-refractivity contribution is 5.91. The van der Waals surface area contributed by atoms with Crippen molar-refractivity contribution in [2.75, 3.05) is 6.54 Å². The molecule has 0 saturated carbocycles. The van der Waals surface area contributed by atoms with Gasteiger partial charge in [-0.05, 0) is 11.6 Å². The third kappa shape index (κ3) is 2.75. The van der Waals surface area contributed by atoms with Gasteiger partial charge in [-0.1, -0.05) is 48.5 Å². The van der Waals surface area contributed by atoms with E-state index < -0.39 is 5.92 Å². The van der Waals surface area contributed by atoms with Crippen LogP contribution in [-0.2, 0) is 7.05 Å². The molecular weight excluding hydrogens is 328 g/mol. The largest absolute Gasteiger partial charge is 0.354 e. The summed E-state index contributed by atoms with van der Waals surface area (Å²) < 4.78 is 1.85. The molecule has 4 aromatic rings. The average Bonchev–Trinajstić information content (AvgIpc) is 3.24. The van der Waals surface area contributed by atoms with Gasteiger partial charge in [0.15, 0.2) is 0 Å². The number of imidazole rings is 1. The summed E-state index contributed by atoms with van der Waals surface area (Å²) >= 11 is 0. The SMILES string of the molecule is Cn1cncc1C(C[N+](=O)[O-])c1c(-c2ccccc2)[nH]c2ccccc12. The van der Waals surface area contributed by atoms with Gasteiger partial charge in [-0.25, -0.2) is 4.98 Å². The third-order valence-electron chi connectivity index (χ3n) is 4.70. The number of aryl methyl sites for hydroxylation is 1. The van der Waals surface area contributed by atoms with Gasteiger partial charge in [-0.3, -0.25) is 10.1 Å². The van der Waals surface area contributed by atoms with Crippen molar-refractivity contribution < 1.29 is 4.92 Å². The molecule has 130 valence electrons. The van der Waals surface area contributed by atoms with Crippen molar-refractivity contribution in [2.45, 2.75) is 5.92 Å². The van der Waals surface area contributed by atoms with Crippen LogP contribution in [0.25, 0.3) is 22.2 Å². The van der Waals surface area contributed by atoms with Crippen LogP contribution >= 0.6 is 0 Å². The zero-order chi connectivity index (χ0) is 18.1. The van der Waals surface area contributed by atoms with Gasteiger partial charge in [-0.2, -0.15) is 0 Å². The van der Waals surface area contributed by atoms with Gasteiger partial charge < -0.3 is 9.55 Å². The molecule has 1 N–H and O–H groups in total. The third-order valence-corrected chi connectivity index (χ3v) is 4.70. The highest BCUT2D eigenvalue weighted by Gasteiger charge is 2.29. The zero-order valence-electron chi connectivity index (χ0n) is 14.3. The molecule has 2 aromatic carbocycles. The molecule has 0 aliphatic rings. The van der Waals surface area contributed by atoms with E-state index in [1.807, 2.05) is 66.2 Å². The summed E-state index contributed by atoms with van der Waals surface area (Å²) in [6, 6.07) is 17.9. The fraction of sp³-hybridized carbons (Fsp3) is 0.150. The Morgan fingerprint density at radius 2 is 1.88 bits per heavy atom. The standard InChI is InChI=1S/C20H18N4O2/c1-23-13-21-11-18(23)16(12-24(25)26)19-15-9-5-6-10-17(15)22-20(19)14-7-3-2-4-8-14/h2-11,13,16,22H,12H2,1H3. The summed E-state index contributed by atoms with van der Waals surface area (Å²) in [5.41, 5.74) is 4.65. The number of aromatic nitrogens is 3. The smallest absolute Gasteiger partial charge is 0.216 e. The second kappa shape index (κ2) is 6.48. The van der Waals surface area contributed by atoms with E-state index in [1.54, 1.807) is 12.5 Å². The number of nitrogens with zero attached hydrogens (tertiary/aromatic N) is 3. The lowest BCUT2D eigenvalue weighted by Crippen LogP contribution is -2.17. The molecule has 0 fully saturated rings. The first kappa shape index (κ1) is 16.1. The lowest BCUT2D eigenvalue weighted by atomic mass is 9.91. The first-order valence-electron chi connectivity index (χ1n) is 8.39. The molecule has 2 aromatic heterocycles. The van der Waals surface area contributed by atoms with E-state index in [0.717, 1.165) is 33.4 Å². The van der Waals surface area contributed by atoms with E-state index in [0.29, 0.717) is 0 Å². The molecule has 1 unspecified atom stereocenters. The number of aromatic amines is 1. The highest BCUT2D eigenvalue weighted by atomic mass is 16.6. The van der Waals surface area contributed by atoms with Gasteiger partial charge in [0, 0.05) is 34.6 Å². The maximum absolute atomic E-state index is 11.5. The first-order chi connectivity index (χ1) is 12.6. The van der Waals surface area contributed by atoms with Crippen LogP contribution in [0.3, 0.4) is 0 Å². The molecule has 0 spiro atoms. The second-order valence-electron chi connectivity index (χ2n) is 6.32. The highest BCUT2D eigenvalue weighted by Crippen LogP contribution is 2.38. The predicted octanol–water partition coefficient (Wildman–Crippen LogP) is 3.98. The number of hydrogen-bond donors (Lipinski definition) is 1. The van der Waals surface area contributed by atoms with Crippen LogP contribution < -0.4 is 0 Å². The van der Waals surface area contributed by atoms with Crippen molar-refractivity contribution in [1.82, 2.24) is 14.5 Å². The normalized spacial score (nSPS) is 12.3. The number of fused-ring (bicyclic) bond motifs is 1. The molecule has 26 heavy (non-hydrogen) atoms. The van der Waals surface area contributed by atoms with E-state index in [-0.39, 0.29) is 11.5 Å². The first-order valence-corrected chi connectivity index (χ1v) is 8.39. The van der Waals surface area contributed by atoms with Crippen molar-refractivity contribution >= 4 is 10.9 Å². The van der Waals surface area contributed by atoms with Crippen LogP contribution in [0.4, 0.5) is 0 Å². The van der Waals surface area contributed by atoms with Gasteiger partial charge in [0.1, 0.15) is 0 Å². The molecule has 2 heterocycles. The summed E-state index contributed by atoms with van der Waals surface area (Å²) in [6.07, 6.45) is 3.39. The van der Waals surface area contributed by atoms with Gasteiger partial charge >= 0.3 is 0 Å². The number of nitrogens with one attached hydrogen (secondary N) is 1. The fourth-order valence-electron chi connectivity index (χ4n) is 3.54. The van der Waals surface area contributed by atoms with Crippen molar-refractivity contribution in [3.63, 3.8) is 0 Å². The topological polar surface area (TPSA) is 76.8 Å². The molecule has 0 amide bonds. The monoisotopic (exact) mass is 346 g/mol. The van der Waals surface area contributed by atoms with Crippen LogP contribution in [-0.4, -0.2) is 26.0 Å². The van der Waals surface area contributed by atoms with Crippen molar-refractivity contribution in [3.05, 3.63) is 88.5 Å². The van der Waals surface area contributed by atoms with E-state index in [1.165, 1.54) is 0 Å². The van der Waals surface area contributed by atoms with Crippen molar-refractivity contribution in [1.29, 1.82) is 0 Å². The van der Waals surface area contributed by atoms with E-state index in [4.69, 9.17) is 0 Å². The molecule has 1 atom stereocenters. The molecule has 0 aliphatic heterocycles. The van der Waals surface area contributed by atoms with Crippen LogP contribution in [0.2, 0.25) is 0 Å². The number of H-pyrrole nitrogens is 1. The minimum atomic E-state index is -0.399. The molecule has 0 bridgehead atoms. The average molecular weight is 346 g/mol. The molecule has 6 heteroatoms. The van der Waals surface area contributed by atoms with Crippen LogP contribution in [0.1, 0.15) is 17.2 Å². The van der Waals surface area contributed by atoms with E-state index in [2.05, 4.69) is 9.97 Å². The summed E-state index contributed by atoms with van der Waals surface area (Å²) in [6.45, 7) is -0.193. The minimum absolute atomic E-state index is 0.193. The van der Waals surface area contributed by atoms with Gasteiger partial charge in [0.25, 0.3) is 0 Å². The van der Waals surface area contributed by atoms with Crippen LogP contribution in [0.15, 0.2) is 67.1 Å². The lowest BCUT2D eigenvalue weighted by Gasteiger charge is -2.16. The van der Waals surface area contributed by atoms with Crippen molar-refractivity contribution in [2.24, 2.45) is 7.05 Å². The molecule has 0 saturated heterocycles. The Morgan fingerprint density at radius 3 is 2.58 bits per heavy atom. The summed E-state index contributed by atoms with van der Waals surface area (Å²) in [5, 5.41) is 12.5. The lowest BCUT2D eigenvalue weighted by molar-refractivity contribution is -0.481. The van der Waals surface area contributed by atoms with Crippen LogP contribution in [0.5, 0.6) is 0 Å². The zero-order valence-corrected chi connectivity index (χ0v) is 14.3. The van der Waals surface area contributed by atoms with E-state index >= 15 is 0 Å². The summed E-state index contributed by atoms with van der Waals surface area (Å²) in [7, 11) is 1.87. The molecule has 0 aliphatic carbocycles. The number of nitro groups is 1. The Balaban J connectivity index is 2.01. The number of rotatable bonds is 5. The van der Waals surface area contributed by atoms with Crippen molar-refractivity contribution in [3.8, 4) is 11.3 Å². The van der Waals surface area contributed by atoms with Gasteiger partial charge in [0.05, 0.1) is 23.6 Å². The Bertz CT molecular complexity index is 1070. The number of hydrogen-bond acceptors (Lipinski definition) is 3. The maximum atomic E-state index is 11.5. The summed E-state index contributed by atoms with van der Waals surface area (Å²) in [5.74, 6) is -0.399. The molecule has 0 radical (unpaired) electrons. The Kier molecular flexibility index (Phi) is 4.01. The molecule has 6 nitrogen and oxygen atoms in total. The molecular formula is C20H18N4O2. The fourth-order valence-corrected chi connectivity index (χ4v) is 3.54. The van der Waals surface area contributed by atoms with E-state index in [9.17, 15) is 10.1 Å². The number of benzene rings is 2. The predicted molar refractivity (Wildman–Crippen MR) is 101 cm³/mol. The Labute approximate surface area is 150 Å². The van der Waals surface area contributed by atoms with Gasteiger partial charge in [0.2, 0.25) is 6.54 Å². The quantitative estimate of drug-likeness (QED) is 0.439. The molecule has 4 rings (SSSR count). The summed E-state index contributed by atoms with van der Waals surface area (Å²) in [4.78, 5) is 18.8. The second-order valence-corrected chi connectivity index (χ2v) is 6.32. The maximum Gasteiger partial charge on any atom is 0.216 e. The van der Waals surface area contributed by atoms with Gasteiger partial charge in [-0.15, -0.1) is 0 Å². The Morgan fingerprint density at radius 1 is 1.15 bits per heavy atom.